The summed E-state index contributed by atoms with van der Waals surface area (Å²) in [6.45, 7) is 0.540. The predicted molar refractivity (Wildman–Crippen MR) is 68.0 cm³/mol. The topological polar surface area (TPSA) is 98.1 Å². The van der Waals surface area contributed by atoms with E-state index in [1.807, 2.05) is 36.4 Å². The molecular weight excluding hydrogens is 256 g/mol. The normalized spacial score (nSPS) is 10.3. The van der Waals surface area contributed by atoms with E-state index in [1.54, 1.807) is 6.20 Å². The van der Waals surface area contributed by atoms with Crippen molar-refractivity contribution in [3.63, 3.8) is 0 Å². The van der Waals surface area contributed by atoms with Crippen LogP contribution in [-0.4, -0.2) is 35.2 Å². The van der Waals surface area contributed by atoms with Gasteiger partial charge in [-0.3, -0.25) is 0 Å². The Kier molecular flexibility index (Phi) is 3.16. The van der Waals surface area contributed by atoms with Gasteiger partial charge in [-0.2, -0.15) is 10.1 Å². The zero-order valence-electron chi connectivity index (χ0n) is 10.5. The quantitative estimate of drug-likeness (QED) is 0.682. The van der Waals surface area contributed by atoms with Gasteiger partial charge in [0.15, 0.2) is 0 Å². The molecule has 3 aromatic rings. The zero-order valence-corrected chi connectivity index (χ0v) is 10.5. The van der Waals surface area contributed by atoms with Crippen molar-refractivity contribution in [2.24, 2.45) is 0 Å². The van der Waals surface area contributed by atoms with Crippen LogP contribution in [0.3, 0.4) is 0 Å². The van der Waals surface area contributed by atoms with Crippen molar-refractivity contribution in [2.45, 2.75) is 13.1 Å². The standard InChI is InChI=1S/C12H10N8/c13-6-7-19-8-11(14-17-19)9-20-16-12(15-18-20)10-4-2-1-3-5-10/h1-5,8H,7,9H2. The Bertz CT molecular complexity index is 736. The van der Waals surface area contributed by atoms with Crippen molar-refractivity contribution in [1.82, 2.24) is 35.2 Å². The van der Waals surface area contributed by atoms with Crippen LogP contribution < -0.4 is 0 Å². The van der Waals surface area contributed by atoms with Crippen molar-refractivity contribution in [3.8, 4) is 17.5 Å². The predicted octanol–water partition coefficient (Wildman–Crippen LogP) is 0.503. The van der Waals surface area contributed by atoms with Gasteiger partial charge < -0.3 is 0 Å². The molecule has 0 aliphatic rings. The fourth-order valence-corrected chi connectivity index (χ4v) is 1.72. The third kappa shape index (κ3) is 2.51. The molecule has 98 valence electrons. The third-order valence-corrected chi connectivity index (χ3v) is 2.61. The summed E-state index contributed by atoms with van der Waals surface area (Å²) < 4.78 is 1.46. The van der Waals surface area contributed by atoms with Gasteiger partial charge in [0.1, 0.15) is 18.8 Å². The van der Waals surface area contributed by atoms with Gasteiger partial charge in [0.2, 0.25) is 5.82 Å². The van der Waals surface area contributed by atoms with Gasteiger partial charge in [-0.05, 0) is 5.21 Å². The minimum absolute atomic E-state index is 0.174. The Morgan fingerprint density at radius 1 is 1.10 bits per heavy atom. The van der Waals surface area contributed by atoms with E-state index < -0.39 is 0 Å². The lowest BCUT2D eigenvalue weighted by Crippen LogP contribution is -2.04. The second kappa shape index (κ2) is 5.27. The van der Waals surface area contributed by atoms with Crippen LogP contribution >= 0.6 is 0 Å². The molecular formula is C12H10N8. The van der Waals surface area contributed by atoms with Gasteiger partial charge >= 0.3 is 0 Å². The number of tetrazole rings is 1. The number of benzene rings is 1. The van der Waals surface area contributed by atoms with Crippen LogP contribution in [-0.2, 0) is 13.1 Å². The molecule has 0 unspecified atom stereocenters. The Labute approximate surface area is 114 Å². The van der Waals surface area contributed by atoms with Crippen molar-refractivity contribution in [2.75, 3.05) is 0 Å². The summed E-state index contributed by atoms with van der Waals surface area (Å²) in [5.41, 5.74) is 1.59. The molecule has 0 aliphatic carbocycles. The molecule has 0 spiro atoms. The zero-order chi connectivity index (χ0) is 13.8. The molecule has 2 aromatic heterocycles. The van der Waals surface area contributed by atoms with Gasteiger partial charge in [-0.1, -0.05) is 35.5 Å². The maximum Gasteiger partial charge on any atom is 0.204 e. The van der Waals surface area contributed by atoms with E-state index >= 15 is 0 Å². The molecule has 0 radical (unpaired) electrons. The van der Waals surface area contributed by atoms with Gasteiger partial charge in [-0.15, -0.1) is 15.3 Å². The van der Waals surface area contributed by atoms with Gasteiger partial charge in [0.05, 0.1) is 12.3 Å². The average Bonchev–Trinajstić information content (AvgIpc) is 3.11. The van der Waals surface area contributed by atoms with Crippen molar-refractivity contribution < 1.29 is 0 Å². The molecule has 0 aliphatic heterocycles. The maximum absolute atomic E-state index is 8.57. The second-order valence-electron chi connectivity index (χ2n) is 4.08. The number of hydrogen-bond acceptors (Lipinski definition) is 6. The average molecular weight is 266 g/mol. The van der Waals surface area contributed by atoms with E-state index in [9.17, 15) is 0 Å². The molecule has 1 aromatic carbocycles. The fourth-order valence-electron chi connectivity index (χ4n) is 1.72. The lowest BCUT2D eigenvalue weighted by molar-refractivity contribution is 0.563. The van der Waals surface area contributed by atoms with Crippen LogP contribution in [0.1, 0.15) is 5.69 Å². The molecule has 0 bridgehead atoms. The molecule has 8 nitrogen and oxygen atoms in total. The van der Waals surface area contributed by atoms with Crippen LogP contribution in [0.25, 0.3) is 11.4 Å². The molecule has 2 heterocycles. The first-order valence-corrected chi connectivity index (χ1v) is 5.94. The maximum atomic E-state index is 8.57. The van der Waals surface area contributed by atoms with Gasteiger partial charge in [0, 0.05) is 5.56 Å². The van der Waals surface area contributed by atoms with Crippen molar-refractivity contribution in [3.05, 3.63) is 42.2 Å². The minimum atomic E-state index is 0.174. The summed E-state index contributed by atoms with van der Waals surface area (Å²) in [7, 11) is 0. The highest BCUT2D eigenvalue weighted by molar-refractivity contribution is 5.52. The number of nitrogens with zero attached hydrogens (tertiary/aromatic N) is 8. The molecule has 0 amide bonds. The summed E-state index contributed by atoms with van der Waals surface area (Å²) in [4.78, 5) is 1.45. The van der Waals surface area contributed by atoms with E-state index in [0.717, 1.165) is 5.56 Å². The number of aromatic nitrogens is 7. The highest BCUT2D eigenvalue weighted by atomic mass is 15.6. The Hall–Kier alpha value is -3.08. The van der Waals surface area contributed by atoms with E-state index in [4.69, 9.17) is 5.26 Å². The largest absolute Gasteiger partial charge is 0.238 e. The number of nitriles is 1. The first kappa shape index (κ1) is 12.0. The SMILES string of the molecule is N#CCn1cc(Cn2nnc(-c3ccccc3)n2)nn1. The summed E-state index contributed by atoms with van der Waals surface area (Å²) in [5, 5.41) is 28.6. The molecule has 0 fully saturated rings. The smallest absolute Gasteiger partial charge is 0.204 e. The van der Waals surface area contributed by atoms with Crippen LogP contribution in [0.4, 0.5) is 0 Å². The highest BCUT2D eigenvalue weighted by Crippen LogP contribution is 2.11. The third-order valence-electron chi connectivity index (χ3n) is 2.61. The van der Waals surface area contributed by atoms with E-state index in [1.165, 1.54) is 9.48 Å². The molecule has 0 atom stereocenters. The minimum Gasteiger partial charge on any atom is -0.238 e. The van der Waals surface area contributed by atoms with E-state index in [0.29, 0.717) is 18.1 Å². The Balaban J connectivity index is 1.75. The van der Waals surface area contributed by atoms with Crippen molar-refractivity contribution in [1.29, 1.82) is 5.26 Å². The number of rotatable bonds is 4. The second-order valence-corrected chi connectivity index (χ2v) is 4.08. The molecule has 8 heteroatoms. The van der Waals surface area contributed by atoms with Crippen LogP contribution in [0, 0.1) is 11.3 Å². The molecule has 0 saturated carbocycles. The summed E-state index contributed by atoms with van der Waals surface area (Å²) >= 11 is 0. The monoisotopic (exact) mass is 266 g/mol. The summed E-state index contributed by atoms with van der Waals surface area (Å²) in [6, 6.07) is 11.6. The van der Waals surface area contributed by atoms with E-state index in [2.05, 4.69) is 25.7 Å². The first-order valence-electron chi connectivity index (χ1n) is 5.94. The van der Waals surface area contributed by atoms with Crippen LogP contribution in [0.5, 0.6) is 0 Å². The van der Waals surface area contributed by atoms with Crippen LogP contribution in [0.2, 0.25) is 0 Å². The first-order chi connectivity index (χ1) is 9.85. The molecule has 3 rings (SSSR count). The van der Waals surface area contributed by atoms with Gasteiger partial charge in [0.25, 0.3) is 0 Å². The van der Waals surface area contributed by atoms with Gasteiger partial charge in [-0.25, -0.2) is 4.68 Å². The van der Waals surface area contributed by atoms with Crippen molar-refractivity contribution >= 4 is 0 Å². The summed E-state index contributed by atoms with van der Waals surface area (Å²) in [6.07, 6.45) is 1.69. The Morgan fingerprint density at radius 3 is 2.75 bits per heavy atom. The van der Waals surface area contributed by atoms with E-state index in [-0.39, 0.29) is 6.54 Å². The lowest BCUT2D eigenvalue weighted by Gasteiger charge is -1.93. The molecule has 0 saturated heterocycles. The summed E-state index contributed by atoms with van der Waals surface area (Å²) in [5.74, 6) is 0.565. The molecule has 20 heavy (non-hydrogen) atoms. The highest BCUT2D eigenvalue weighted by Gasteiger charge is 2.07. The van der Waals surface area contributed by atoms with Crippen LogP contribution in [0.15, 0.2) is 36.5 Å². The molecule has 0 N–H and O–H groups in total. The fraction of sp³-hybridized carbons (Fsp3) is 0.167. The lowest BCUT2D eigenvalue weighted by atomic mass is 10.2. The number of hydrogen-bond donors (Lipinski definition) is 0. The Morgan fingerprint density at radius 2 is 1.95 bits per heavy atom.